The van der Waals surface area contributed by atoms with Crippen molar-refractivity contribution in [1.82, 2.24) is 10.6 Å². The summed E-state index contributed by atoms with van der Waals surface area (Å²) in [6.07, 6.45) is 0.771. The summed E-state index contributed by atoms with van der Waals surface area (Å²) in [4.78, 5) is 28.2. The van der Waals surface area contributed by atoms with Crippen LogP contribution < -0.4 is 29.7 Å². The third-order valence-corrected chi connectivity index (χ3v) is 6.10. The number of halogens is 1. The zero-order valence-electron chi connectivity index (χ0n) is 20.2. The minimum absolute atomic E-state index is 0.0637. The molecule has 2 N–H and O–H groups in total. The lowest BCUT2D eigenvalue weighted by atomic mass is 10.0. The van der Waals surface area contributed by atoms with Crippen molar-refractivity contribution >= 4 is 29.1 Å². The first-order chi connectivity index (χ1) is 16.2. The molecule has 2 aromatic carbocycles. The normalized spacial score (nSPS) is 16.2. The van der Waals surface area contributed by atoms with Crippen LogP contribution >= 0.6 is 11.6 Å². The second-order valence-electron chi connectivity index (χ2n) is 8.55. The number of anilines is 1. The molecule has 184 valence electrons. The van der Waals surface area contributed by atoms with Gasteiger partial charge in [0.1, 0.15) is 23.3 Å². The highest BCUT2D eigenvalue weighted by molar-refractivity contribution is 6.31. The summed E-state index contributed by atoms with van der Waals surface area (Å²) in [6.45, 7) is 5.17. The van der Waals surface area contributed by atoms with E-state index >= 15 is 0 Å². The van der Waals surface area contributed by atoms with Crippen LogP contribution in [0, 0.1) is 5.92 Å². The smallest absolute Gasteiger partial charge is 0.252 e. The minimum Gasteiger partial charge on any atom is -0.497 e. The van der Waals surface area contributed by atoms with Gasteiger partial charge >= 0.3 is 0 Å². The number of carbonyl (C=O) groups excluding carboxylic acids is 2. The Morgan fingerprint density at radius 1 is 1.03 bits per heavy atom. The molecule has 2 unspecified atom stereocenters. The number of methoxy groups -OCH3 is 3. The second-order valence-corrected chi connectivity index (χ2v) is 8.99. The van der Waals surface area contributed by atoms with Crippen molar-refractivity contribution in [2.75, 3.05) is 39.3 Å². The van der Waals surface area contributed by atoms with Crippen molar-refractivity contribution in [2.24, 2.45) is 5.92 Å². The quantitative estimate of drug-likeness (QED) is 0.560. The van der Waals surface area contributed by atoms with Gasteiger partial charge in [-0.15, -0.1) is 0 Å². The molecule has 1 fully saturated rings. The van der Waals surface area contributed by atoms with Gasteiger partial charge < -0.3 is 29.7 Å². The number of nitrogens with zero attached hydrogens (tertiary/aromatic N) is 1. The maximum absolute atomic E-state index is 13.1. The average Bonchev–Trinajstić information content (AvgIpc) is 3.29. The van der Waals surface area contributed by atoms with Crippen molar-refractivity contribution < 1.29 is 23.8 Å². The van der Waals surface area contributed by atoms with E-state index in [1.165, 1.54) is 14.2 Å². The molecule has 2 atom stereocenters. The first kappa shape index (κ1) is 25.5. The molecule has 0 spiro atoms. The van der Waals surface area contributed by atoms with Crippen LogP contribution in [-0.4, -0.2) is 58.3 Å². The number of hydrogen-bond donors (Lipinski definition) is 2. The van der Waals surface area contributed by atoms with E-state index in [0.717, 1.165) is 24.4 Å². The van der Waals surface area contributed by atoms with Crippen LogP contribution in [0.2, 0.25) is 5.02 Å². The van der Waals surface area contributed by atoms with Gasteiger partial charge in [0, 0.05) is 35.8 Å². The van der Waals surface area contributed by atoms with Crippen LogP contribution in [0.4, 0.5) is 5.69 Å². The lowest BCUT2D eigenvalue weighted by Crippen LogP contribution is -2.52. The number of rotatable bonds is 9. The molecule has 3 rings (SSSR count). The minimum atomic E-state index is -0.695. The van der Waals surface area contributed by atoms with E-state index in [-0.39, 0.29) is 23.8 Å². The van der Waals surface area contributed by atoms with Crippen molar-refractivity contribution in [3.8, 4) is 17.2 Å². The van der Waals surface area contributed by atoms with Gasteiger partial charge in [0.05, 0.1) is 27.0 Å². The number of amides is 2. The number of carbonyl (C=O) groups is 2. The van der Waals surface area contributed by atoms with E-state index in [1.807, 2.05) is 26.0 Å². The van der Waals surface area contributed by atoms with Crippen LogP contribution in [0.25, 0.3) is 0 Å². The average molecular weight is 490 g/mol. The second kappa shape index (κ2) is 11.3. The maximum Gasteiger partial charge on any atom is 0.252 e. The van der Waals surface area contributed by atoms with Gasteiger partial charge in [0.25, 0.3) is 5.91 Å². The number of hydrogen-bond acceptors (Lipinski definition) is 6. The Labute approximate surface area is 205 Å². The molecule has 9 heteroatoms. The molecule has 0 aromatic heterocycles. The summed E-state index contributed by atoms with van der Waals surface area (Å²) in [5.74, 6) is 1.03. The molecule has 0 bridgehead atoms. The Morgan fingerprint density at radius 3 is 2.29 bits per heavy atom. The highest BCUT2D eigenvalue weighted by Gasteiger charge is 2.31. The number of benzene rings is 2. The van der Waals surface area contributed by atoms with E-state index in [1.54, 1.807) is 31.4 Å². The molecule has 1 heterocycles. The van der Waals surface area contributed by atoms with E-state index < -0.39 is 6.04 Å². The predicted octanol–water partition coefficient (Wildman–Crippen LogP) is 3.52. The fraction of sp³-hybridized carbons (Fsp3) is 0.440. The molecule has 2 amide bonds. The molecule has 1 saturated heterocycles. The predicted molar refractivity (Wildman–Crippen MR) is 132 cm³/mol. The van der Waals surface area contributed by atoms with Gasteiger partial charge in [-0.1, -0.05) is 25.4 Å². The van der Waals surface area contributed by atoms with Crippen molar-refractivity contribution in [2.45, 2.75) is 32.4 Å². The Hall–Kier alpha value is -3.13. The lowest BCUT2D eigenvalue weighted by Gasteiger charge is -2.25. The van der Waals surface area contributed by atoms with Gasteiger partial charge in [0.2, 0.25) is 5.91 Å². The number of ether oxygens (including phenoxy) is 3. The van der Waals surface area contributed by atoms with Crippen molar-refractivity contribution in [3.63, 3.8) is 0 Å². The Balaban J connectivity index is 1.67. The summed E-state index contributed by atoms with van der Waals surface area (Å²) in [7, 11) is 4.66. The van der Waals surface area contributed by atoms with E-state index in [0.29, 0.717) is 28.6 Å². The summed E-state index contributed by atoms with van der Waals surface area (Å²) < 4.78 is 16.0. The molecule has 2 aromatic rings. The molecular formula is C25H32ClN3O5. The molecule has 0 saturated carbocycles. The highest BCUT2D eigenvalue weighted by atomic mass is 35.5. The summed E-state index contributed by atoms with van der Waals surface area (Å²) in [5.41, 5.74) is 1.25. The van der Waals surface area contributed by atoms with Gasteiger partial charge in [-0.25, -0.2) is 0 Å². The monoisotopic (exact) mass is 489 g/mol. The van der Waals surface area contributed by atoms with Gasteiger partial charge in [-0.3, -0.25) is 9.59 Å². The van der Waals surface area contributed by atoms with Crippen LogP contribution in [0.1, 0.15) is 30.6 Å². The molecule has 1 aliphatic rings. The number of nitrogens with one attached hydrogen (secondary N) is 2. The molecule has 0 aliphatic carbocycles. The SMILES string of the molecule is COc1cc(OC)cc(C(=O)NC(C(=O)NC2CCN(c3cc(Cl)ccc3OC)C2)C(C)C)c1. The van der Waals surface area contributed by atoms with Gasteiger partial charge in [-0.05, 0) is 42.7 Å². The Morgan fingerprint density at radius 2 is 1.71 bits per heavy atom. The molecule has 34 heavy (non-hydrogen) atoms. The lowest BCUT2D eigenvalue weighted by molar-refractivity contribution is -0.124. The summed E-state index contributed by atoms with van der Waals surface area (Å²) >= 11 is 6.18. The van der Waals surface area contributed by atoms with Gasteiger partial charge in [0.15, 0.2) is 0 Å². The van der Waals surface area contributed by atoms with Crippen LogP contribution in [-0.2, 0) is 4.79 Å². The molecule has 0 radical (unpaired) electrons. The van der Waals surface area contributed by atoms with Crippen LogP contribution in [0.3, 0.4) is 0 Å². The summed E-state index contributed by atoms with van der Waals surface area (Å²) in [6, 6.07) is 9.63. The maximum atomic E-state index is 13.1. The van der Waals surface area contributed by atoms with E-state index in [9.17, 15) is 9.59 Å². The Kier molecular flexibility index (Phi) is 8.50. The molecule has 8 nitrogen and oxygen atoms in total. The largest absolute Gasteiger partial charge is 0.497 e. The third kappa shape index (κ3) is 6.05. The van der Waals surface area contributed by atoms with E-state index in [4.69, 9.17) is 25.8 Å². The van der Waals surface area contributed by atoms with Crippen molar-refractivity contribution in [1.29, 1.82) is 0 Å². The zero-order chi connectivity index (χ0) is 24.8. The first-order valence-electron chi connectivity index (χ1n) is 11.2. The molecular weight excluding hydrogens is 458 g/mol. The van der Waals surface area contributed by atoms with Crippen LogP contribution in [0.15, 0.2) is 36.4 Å². The molecule has 1 aliphatic heterocycles. The highest BCUT2D eigenvalue weighted by Crippen LogP contribution is 2.33. The third-order valence-electron chi connectivity index (χ3n) is 5.87. The van der Waals surface area contributed by atoms with Crippen molar-refractivity contribution in [3.05, 3.63) is 47.0 Å². The first-order valence-corrected chi connectivity index (χ1v) is 11.6. The standard InChI is InChI=1S/C25H32ClN3O5/c1-15(2)23(28-24(30)16-10-19(32-3)13-20(11-16)33-4)25(31)27-18-8-9-29(14-18)21-12-17(26)6-7-22(21)34-5/h6-7,10-13,15,18,23H,8-9,14H2,1-5H3,(H,27,31)(H,28,30). The zero-order valence-corrected chi connectivity index (χ0v) is 20.9. The fourth-order valence-electron chi connectivity index (χ4n) is 4.00. The van der Waals surface area contributed by atoms with E-state index in [2.05, 4.69) is 15.5 Å². The van der Waals surface area contributed by atoms with Gasteiger partial charge in [-0.2, -0.15) is 0 Å². The topological polar surface area (TPSA) is 89.1 Å². The summed E-state index contributed by atoms with van der Waals surface area (Å²) in [5, 5.41) is 6.59. The Bertz CT molecular complexity index is 1010. The fourth-order valence-corrected chi connectivity index (χ4v) is 4.16. The van der Waals surface area contributed by atoms with Crippen LogP contribution in [0.5, 0.6) is 17.2 Å².